The van der Waals surface area contributed by atoms with Crippen molar-refractivity contribution in [2.75, 3.05) is 36.2 Å². The van der Waals surface area contributed by atoms with Crippen LogP contribution in [0.15, 0.2) is 52.3 Å². The van der Waals surface area contributed by atoms with Crippen LogP contribution in [-0.2, 0) is 74.1 Å². The molecule has 0 aromatic heterocycles. The highest BCUT2D eigenvalue weighted by atomic mass is 32.2. The van der Waals surface area contributed by atoms with Gasteiger partial charge in [0.05, 0.1) is 27.6 Å². The summed E-state index contributed by atoms with van der Waals surface area (Å²) in [4.78, 5) is 70.0. The number of phenolic OH excluding ortho intramolecular Hbond substituents is 1. The monoisotopic (exact) mass is 1360 g/mol. The normalized spacial score (nSPS) is 18.5. The predicted molar refractivity (Wildman–Crippen MR) is 344 cm³/mol. The lowest BCUT2D eigenvalue weighted by molar-refractivity contribution is -0.172. The third-order valence-electron chi connectivity index (χ3n) is 16.3. The molecule has 0 amide bonds. The van der Waals surface area contributed by atoms with Crippen molar-refractivity contribution in [1.29, 1.82) is 0 Å². The molecule has 0 spiro atoms. The zero-order valence-corrected chi connectivity index (χ0v) is 59.8. The van der Waals surface area contributed by atoms with Gasteiger partial charge < -0.3 is 43.4 Å². The predicted octanol–water partition coefficient (Wildman–Crippen LogP) is 13.8. The summed E-state index contributed by atoms with van der Waals surface area (Å²) in [7, 11) is -5.45. The van der Waals surface area contributed by atoms with Crippen molar-refractivity contribution in [3.8, 4) is 17.2 Å². The molecular weight excluding hydrogens is 1270 g/mol. The summed E-state index contributed by atoms with van der Waals surface area (Å²) in [5, 5.41) is 13.5. The van der Waals surface area contributed by atoms with E-state index in [-0.39, 0.29) is 76.8 Å². The Balaban J connectivity index is 0.000000396. The topological polar surface area (TPSA) is 247 Å². The fourth-order valence-corrected chi connectivity index (χ4v) is 13.1. The lowest BCUT2D eigenvalue weighted by atomic mass is 9.80. The van der Waals surface area contributed by atoms with Gasteiger partial charge in [-0.25, -0.2) is 35.2 Å². The maximum absolute atomic E-state index is 12.6. The quantitative estimate of drug-likeness (QED) is 0.0198. The number of aromatic hydroxyl groups is 1. The number of cyclic esters (lactones) is 1. The van der Waals surface area contributed by atoms with Gasteiger partial charge in [0.1, 0.15) is 56.5 Å². The molecule has 0 aliphatic carbocycles. The SMILES string of the molecule is CCC(C)(C)C(=O)OC1(C)COC(=O)C1C.CCC(C)(C)C(=O)OC1CC(C)(C)NC(C)(C)C1.CCC(C)(C)C(=O)OCC(=O)Oc1ccc([S+]2CCSCC2)cc1.CCC(C)(C)C(=O)Oc1ccc(O)c(C(C)(C)C)c1.O=S(=O)([O-])c1c(F)c(F)c(F)c(F)c1F. The number of halogens is 5. The van der Waals surface area contributed by atoms with Crippen LogP contribution in [0.5, 0.6) is 17.2 Å². The fraction of sp³-hybridized carbons (Fsp3) is 0.642. The highest BCUT2D eigenvalue weighted by molar-refractivity contribution is 8.05. The van der Waals surface area contributed by atoms with E-state index in [0.29, 0.717) is 35.2 Å². The molecule has 2 atom stereocenters. The molecule has 92 heavy (non-hydrogen) atoms. The lowest BCUT2D eigenvalue weighted by Crippen LogP contribution is -2.60. The smallest absolute Gasteiger partial charge is 0.349 e. The average molecular weight is 1360 g/mol. The number of esters is 6. The van der Waals surface area contributed by atoms with Gasteiger partial charge in [0, 0.05) is 51.9 Å². The van der Waals surface area contributed by atoms with Crippen LogP contribution in [0.2, 0.25) is 0 Å². The van der Waals surface area contributed by atoms with E-state index in [0.717, 1.165) is 31.2 Å². The van der Waals surface area contributed by atoms with E-state index in [4.69, 9.17) is 28.4 Å². The second-order valence-corrected chi connectivity index (χ2v) is 32.8. The molecule has 3 saturated heterocycles. The lowest BCUT2D eigenvalue weighted by Gasteiger charge is -2.46. The maximum atomic E-state index is 12.6. The van der Waals surface area contributed by atoms with Gasteiger partial charge in [-0.05, 0) is 170 Å². The number of rotatable bonds is 16. The molecule has 2 N–H and O–H groups in total. The van der Waals surface area contributed by atoms with Gasteiger partial charge in [-0.1, -0.05) is 48.5 Å². The molecule has 0 saturated carbocycles. The van der Waals surface area contributed by atoms with Crippen molar-refractivity contribution in [2.45, 2.75) is 222 Å². The average Bonchev–Trinajstić information content (AvgIpc) is 0.802. The van der Waals surface area contributed by atoms with Crippen LogP contribution in [0.25, 0.3) is 0 Å². The molecule has 3 aromatic rings. The van der Waals surface area contributed by atoms with Gasteiger partial charge in [-0.15, -0.1) is 0 Å². The van der Waals surface area contributed by atoms with Crippen LogP contribution in [0.4, 0.5) is 22.0 Å². The Labute approximate surface area is 548 Å². The fourth-order valence-electron chi connectivity index (χ4n) is 8.55. The van der Waals surface area contributed by atoms with E-state index in [9.17, 15) is 68.8 Å². The Morgan fingerprint density at radius 1 is 0.663 bits per heavy atom. The van der Waals surface area contributed by atoms with Crippen LogP contribution in [-0.4, -0.2) is 113 Å². The summed E-state index contributed by atoms with van der Waals surface area (Å²) in [6.07, 6.45) is 4.66. The molecular formula is C67H98F5NO16S3. The van der Waals surface area contributed by atoms with Crippen LogP contribution in [0, 0.1) is 56.7 Å². The molecule has 0 bridgehead atoms. The molecule has 25 heteroatoms. The summed E-state index contributed by atoms with van der Waals surface area (Å²) < 4.78 is 125. The highest BCUT2D eigenvalue weighted by Crippen LogP contribution is 2.37. The minimum atomic E-state index is -5.77. The van der Waals surface area contributed by atoms with Crippen LogP contribution in [0.1, 0.15) is 189 Å². The molecule has 2 unspecified atom stereocenters. The second kappa shape index (κ2) is 33.3. The van der Waals surface area contributed by atoms with Gasteiger partial charge in [0.2, 0.25) is 5.82 Å². The van der Waals surface area contributed by atoms with Gasteiger partial charge >= 0.3 is 35.8 Å². The van der Waals surface area contributed by atoms with Crippen molar-refractivity contribution < 1.29 is 97.2 Å². The number of thioether (sulfide) groups is 1. The molecule has 3 aliphatic rings. The molecule has 520 valence electrons. The molecule has 3 aromatic carbocycles. The van der Waals surface area contributed by atoms with Crippen molar-refractivity contribution in [3.05, 3.63) is 77.1 Å². The number of carbonyl (C=O) groups is 6. The van der Waals surface area contributed by atoms with E-state index in [1.54, 1.807) is 45.9 Å². The summed E-state index contributed by atoms with van der Waals surface area (Å²) in [5.74, 6) is -8.96. The second-order valence-electron chi connectivity index (χ2n) is 28.0. The number of hydrogen-bond donors (Lipinski definition) is 2. The van der Waals surface area contributed by atoms with Crippen LogP contribution < -0.4 is 14.8 Å². The van der Waals surface area contributed by atoms with Gasteiger partial charge in [0.25, 0.3) is 0 Å². The van der Waals surface area contributed by atoms with E-state index >= 15 is 0 Å². The highest BCUT2D eigenvalue weighted by Gasteiger charge is 2.49. The van der Waals surface area contributed by atoms with Crippen molar-refractivity contribution in [2.24, 2.45) is 27.6 Å². The summed E-state index contributed by atoms with van der Waals surface area (Å²) in [6.45, 7) is 40.6. The Morgan fingerprint density at radius 2 is 1.10 bits per heavy atom. The standard InChI is InChI=1S/C18H25O4S2.C16H24O3.C15H29NO2.C12H20O4.C6HF5O3S/c1-4-18(2,3)17(20)21-13-16(19)22-14-5-7-15(8-6-14)24-11-9-23-10-12-24;1-7-16(5,6)14(18)19-11-8-9-13(17)12(10-11)15(2,3)4;1-8-13(2,3)12(17)18-11-9-14(4,5)16-15(6,7)10-11;1-6-11(3,4)10(14)16-12(5)7-15-9(13)8(12)2;7-1-2(8)4(10)6(15(12,13)14)5(11)3(1)9/h5-8H,4,9-13H2,1-3H3;8-10,17H,7H2,1-6H3;11,16H,8-10H2,1-7H3;8H,6-7H2,1-5H3;(H,12,13,14)/q+1;;;;/p-1. The summed E-state index contributed by atoms with van der Waals surface area (Å²) >= 11 is 2.01. The number of piperidine rings is 1. The molecule has 0 radical (unpaired) electrons. The first-order chi connectivity index (χ1) is 41.9. The van der Waals surface area contributed by atoms with E-state index in [2.05, 4.69) is 33.0 Å². The van der Waals surface area contributed by atoms with E-state index < -0.39 is 77.8 Å². The number of hydrogen-bond acceptors (Lipinski definition) is 18. The number of ether oxygens (including phenoxy) is 6. The van der Waals surface area contributed by atoms with Crippen LogP contribution in [0.3, 0.4) is 0 Å². The zero-order chi connectivity index (χ0) is 71.1. The number of benzene rings is 3. The molecule has 17 nitrogen and oxygen atoms in total. The number of carbonyl (C=O) groups excluding carboxylic acids is 6. The maximum Gasteiger partial charge on any atom is 0.349 e. The number of nitrogens with one attached hydrogen (secondary N) is 1. The Bertz CT molecular complexity index is 3110. The molecule has 3 heterocycles. The van der Waals surface area contributed by atoms with Crippen LogP contribution >= 0.6 is 11.8 Å². The van der Waals surface area contributed by atoms with Gasteiger partial charge in [-0.2, -0.15) is 11.8 Å². The van der Waals surface area contributed by atoms with Gasteiger partial charge in [0.15, 0.2) is 40.4 Å². The minimum absolute atomic E-state index is 0.0169. The van der Waals surface area contributed by atoms with Crippen molar-refractivity contribution in [1.82, 2.24) is 5.32 Å². The third kappa shape index (κ3) is 24.4. The van der Waals surface area contributed by atoms with Crippen molar-refractivity contribution >= 4 is 68.6 Å². The third-order valence-corrected chi connectivity index (χ3v) is 21.0. The first-order valence-electron chi connectivity index (χ1n) is 30.5. The minimum Gasteiger partial charge on any atom is -0.744 e. The Morgan fingerprint density at radius 3 is 1.53 bits per heavy atom. The zero-order valence-electron chi connectivity index (χ0n) is 57.4. The number of phenols is 1. The Hall–Kier alpha value is -5.50. The van der Waals surface area contributed by atoms with E-state index in [1.807, 2.05) is 126 Å². The summed E-state index contributed by atoms with van der Waals surface area (Å²) in [5.41, 5.74) is -2.19. The molecule has 6 rings (SSSR count). The molecule has 3 aliphatic heterocycles. The largest absolute Gasteiger partial charge is 0.744 e. The summed E-state index contributed by atoms with van der Waals surface area (Å²) in [6, 6.07) is 12.6. The van der Waals surface area contributed by atoms with Crippen molar-refractivity contribution in [3.63, 3.8) is 0 Å². The first kappa shape index (κ1) is 82.6. The first-order valence-corrected chi connectivity index (χ1v) is 34.7. The molecule has 3 fully saturated rings. The Kier molecular flexibility index (Phi) is 29.9. The van der Waals surface area contributed by atoms with Gasteiger partial charge in [-0.3, -0.25) is 24.0 Å². The van der Waals surface area contributed by atoms with E-state index in [1.165, 1.54) is 27.9 Å².